The lowest BCUT2D eigenvalue weighted by atomic mass is 9.93. The van der Waals surface area contributed by atoms with Crippen molar-refractivity contribution in [2.75, 3.05) is 19.6 Å². The fraction of sp³-hybridized carbons (Fsp3) is 0.923. The predicted octanol–water partition coefficient (Wildman–Crippen LogP) is 2.62. The van der Waals surface area contributed by atoms with Gasteiger partial charge in [-0.1, -0.05) is 0 Å². The maximum atomic E-state index is 13.9. The number of hydrogen-bond donors (Lipinski definition) is 1. The average Bonchev–Trinajstić information content (AvgIpc) is 2.37. The summed E-state index contributed by atoms with van der Waals surface area (Å²) in [5.41, 5.74) is 4.76. The van der Waals surface area contributed by atoms with E-state index in [1.54, 1.807) is 20.8 Å². The molecule has 1 heterocycles. The molecule has 6 heteroatoms. The second-order valence-corrected chi connectivity index (χ2v) is 6.04. The second kappa shape index (κ2) is 6.03. The molecule has 1 rings (SSSR count). The van der Waals surface area contributed by atoms with Crippen molar-refractivity contribution in [3.63, 3.8) is 0 Å². The van der Waals surface area contributed by atoms with Crippen molar-refractivity contribution in [1.29, 1.82) is 0 Å². The standard InChI is InChI=1S/C13H24F2N2O2/c1-12(2,3)19-11(18)17-8-5-10(4-7-16)13(14,15)6-9-17/h10H,4-9,16H2,1-3H3. The molecular formula is C13H24F2N2O2. The van der Waals surface area contributed by atoms with Crippen LogP contribution in [0.2, 0.25) is 0 Å². The maximum Gasteiger partial charge on any atom is 0.410 e. The number of rotatable bonds is 2. The molecule has 0 spiro atoms. The maximum absolute atomic E-state index is 13.9. The summed E-state index contributed by atoms with van der Waals surface area (Å²) in [5, 5.41) is 0. The Balaban J connectivity index is 2.64. The molecule has 4 nitrogen and oxygen atoms in total. The molecule has 1 aliphatic heterocycles. The van der Waals surface area contributed by atoms with Crippen molar-refractivity contribution in [3.8, 4) is 0 Å². The van der Waals surface area contributed by atoms with E-state index in [4.69, 9.17) is 10.5 Å². The van der Waals surface area contributed by atoms with Gasteiger partial charge in [0.1, 0.15) is 5.60 Å². The van der Waals surface area contributed by atoms with Crippen molar-refractivity contribution in [2.45, 2.75) is 51.6 Å². The summed E-state index contributed by atoms with van der Waals surface area (Å²) in [6.45, 7) is 5.85. The van der Waals surface area contributed by atoms with Crippen molar-refractivity contribution >= 4 is 6.09 Å². The summed E-state index contributed by atoms with van der Waals surface area (Å²) >= 11 is 0. The van der Waals surface area contributed by atoms with E-state index in [1.807, 2.05) is 0 Å². The van der Waals surface area contributed by atoms with Crippen LogP contribution in [0.15, 0.2) is 0 Å². The fourth-order valence-electron chi connectivity index (χ4n) is 2.19. The van der Waals surface area contributed by atoms with Crippen LogP contribution in [0.1, 0.15) is 40.0 Å². The van der Waals surface area contributed by atoms with Crippen LogP contribution < -0.4 is 5.73 Å². The smallest absolute Gasteiger partial charge is 0.410 e. The number of likely N-dealkylation sites (tertiary alicyclic amines) is 1. The molecule has 0 aromatic carbocycles. The topological polar surface area (TPSA) is 55.6 Å². The highest BCUT2D eigenvalue weighted by molar-refractivity contribution is 5.68. The number of nitrogens with two attached hydrogens (primary N) is 1. The highest BCUT2D eigenvalue weighted by atomic mass is 19.3. The number of carbonyl (C=O) groups excluding carboxylic acids is 1. The molecule has 1 unspecified atom stereocenters. The zero-order valence-corrected chi connectivity index (χ0v) is 11.9. The molecule has 1 saturated heterocycles. The Morgan fingerprint density at radius 2 is 2.05 bits per heavy atom. The van der Waals surface area contributed by atoms with E-state index in [0.29, 0.717) is 6.54 Å². The van der Waals surface area contributed by atoms with E-state index < -0.39 is 23.5 Å². The Bertz CT molecular complexity index is 316. The molecule has 0 saturated carbocycles. The number of amides is 1. The van der Waals surface area contributed by atoms with Crippen molar-refractivity contribution in [3.05, 3.63) is 0 Å². The molecule has 0 radical (unpaired) electrons. The van der Waals surface area contributed by atoms with Crippen LogP contribution in [0.5, 0.6) is 0 Å². The van der Waals surface area contributed by atoms with Gasteiger partial charge >= 0.3 is 6.09 Å². The Kier molecular flexibility index (Phi) is 5.12. The highest BCUT2D eigenvalue weighted by Crippen LogP contribution is 2.35. The van der Waals surface area contributed by atoms with Crippen molar-refractivity contribution in [1.82, 2.24) is 4.90 Å². The SMILES string of the molecule is CC(C)(C)OC(=O)N1CCC(CCN)C(F)(F)CC1. The van der Waals surface area contributed by atoms with Gasteiger partial charge in [-0.25, -0.2) is 13.6 Å². The third kappa shape index (κ3) is 4.93. The lowest BCUT2D eigenvalue weighted by molar-refractivity contribution is -0.0632. The number of nitrogens with zero attached hydrogens (tertiary/aromatic N) is 1. The van der Waals surface area contributed by atoms with E-state index >= 15 is 0 Å². The quantitative estimate of drug-likeness (QED) is 0.844. The molecule has 1 fully saturated rings. The van der Waals surface area contributed by atoms with Gasteiger partial charge in [0, 0.05) is 25.4 Å². The molecular weight excluding hydrogens is 254 g/mol. The largest absolute Gasteiger partial charge is 0.444 e. The van der Waals surface area contributed by atoms with Gasteiger partial charge in [0.2, 0.25) is 0 Å². The monoisotopic (exact) mass is 278 g/mol. The Labute approximate surface area is 113 Å². The van der Waals surface area contributed by atoms with Gasteiger partial charge in [0.15, 0.2) is 0 Å². The zero-order valence-electron chi connectivity index (χ0n) is 11.9. The Morgan fingerprint density at radius 3 is 2.58 bits per heavy atom. The van der Waals surface area contributed by atoms with E-state index in [9.17, 15) is 13.6 Å². The van der Waals surface area contributed by atoms with Gasteiger partial charge in [0.25, 0.3) is 5.92 Å². The van der Waals surface area contributed by atoms with Gasteiger partial charge in [-0.2, -0.15) is 0 Å². The third-order valence-corrected chi connectivity index (χ3v) is 3.23. The lowest BCUT2D eigenvalue weighted by Gasteiger charge is -2.26. The van der Waals surface area contributed by atoms with Crippen LogP contribution in [0.25, 0.3) is 0 Å². The number of halogens is 2. The first-order valence-electron chi connectivity index (χ1n) is 6.71. The van der Waals surface area contributed by atoms with Crippen LogP contribution in [0, 0.1) is 5.92 Å². The van der Waals surface area contributed by atoms with E-state index in [0.717, 1.165) is 0 Å². The van der Waals surface area contributed by atoms with Crippen LogP contribution in [-0.4, -0.2) is 42.2 Å². The summed E-state index contributed by atoms with van der Waals surface area (Å²) in [4.78, 5) is 13.2. The minimum atomic E-state index is -2.75. The zero-order chi connectivity index (χ0) is 14.7. The molecule has 0 aromatic heterocycles. The van der Waals surface area contributed by atoms with Gasteiger partial charge in [-0.15, -0.1) is 0 Å². The summed E-state index contributed by atoms with van der Waals surface area (Å²) in [6, 6.07) is 0. The van der Waals surface area contributed by atoms with E-state index in [2.05, 4.69) is 0 Å². The fourth-order valence-corrected chi connectivity index (χ4v) is 2.19. The molecule has 0 aliphatic carbocycles. The van der Waals surface area contributed by atoms with E-state index in [1.165, 1.54) is 4.90 Å². The minimum Gasteiger partial charge on any atom is -0.444 e. The van der Waals surface area contributed by atoms with Crippen LogP contribution in [0.3, 0.4) is 0 Å². The van der Waals surface area contributed by atoms with Gasteiger partial charge in [0.05, 0.1) is 0 Å². The average molecular weight is 278 g/mol. The van der Waals surface area contributed by atoms with Gasteiger partial charge in [-0.05, 0) is 40.2 Å². The third-order valence-electron chi connectivity index (χ3n) is 3.23. The molecule has 112 valence electrons. The normalized spacial score (nSPS) is 23.9. The molecule has 19 heavy (non-hydrogen) atoms. The predicted molar refractivity (Wildman–Crippen MR) is 69.1 cm³/mol. The molecule has 0 bridgehead atoms. The van der Waals surface area contributed by atoms with E-state index in [-0.39, 0.29) is 32.4 Å². The first kappa shape index (κ1) is 16.1. The number of carbonyl (C=O) groups is 1. The van der Waals surface area contributed by atoms with Crippen LogP contribution in [-0.2, 0) is 4.74 Å². The second-order valence-electron chi connectivity index (χ2n) is 6.04. The Hall–Kier alpha value is -0.910. The van der Waals surface area contributed by atoms with Gasteiger partial charge in [-0.3, -0.25) is 0 Å². The summed E-state index contributed by atoms with van der Waals surface area (Å²) in [7, 11) is 0. The molecule has 0 aromatic rings. The van der Waals surface area contributed by atoms with Crippen LogP contribution in [0.4, 0.5) is 13.6 Å². The van der Waals surface area contributed by atoms with Crippen molar-refractivity contribution in [2.24, 2.45) is 11.7 Å². The number of alkyl halides is 2. The minimum absolute atomic E-state index is 0.0307. The highest BCUT2D eigenvalue weighted by Gasteiger charge is 2.42. The first-order valence-corrected chi connectivity index (χ1v) is 6.71. The lowest BCUT2D eigenvalue weighted by Crippen LogP contribution is -2.37. The molecule has 1 aliphatic rings. The van der Waals surface area contributed by atoms with Gasteiger partial charge < -0.3 is 15.4 Å². The van der Waals surface area contributed by atoms with Crippen LogP contribution >= 0.6 is 0 Å². The Morgan fingerprint density at radius 1 is 1.42 bits per heavy atom. The molecule has 2 N–H and O–H groups in total. The molecule has 1 atom stereocenters. The number of ether oxygens (including phenoxy) is 1. The summed E-state index contributed by atoms with van der Waals surface area (Å²) in [5.74, 6) is -3.50. The van der Waals surface area contributed by atoms with Crippen molar-refractivity contribution < 1.29 is 18.3 Å². The number of hydrogen-bond acceptors (Lipinski definition) is 3. The summed E-state index contributed by atoms with van der Waals surface area (Å²) < 4.78 is 32.9. The summed E-state index contributed by atoms with van der Waals surface area (Å²) in [6.07, 6.45) is -0.285. The molecule has 1 amide bonds. The first-order chi connectivity index (χ1) is 8.65.